The highest BCUT2D eigenvalue weighted by Gasteiger charge is 2.10. The lowest BCUT2D eigenvalue weighted by atomic mass is 9.94. The number of fused-ring (bicyclic) bond motifs is 2. The van der Waals surface area contributed by atoms with Crippen LogP contribution >= 0.6 is 15.9 Å². The molecule has 0 aromatic heterocycles. The molecule has 0 fully saturated rings. The average molecular weight is 348 g/mol. The van der Waals surface area contributed by atoms with E-state index in [0.717, 1.165) is 21.1 Å². The summed E-state index contributed by atoms with van der Waals surface area (Å²) in [6.45, 7) is 0. The highest BCUT2D eigenvalue weighted by atomic mass is 79.9. The summed E-state index contributed by atoms with van der Waals surface area (Å²) in [7, 11) is 0. The summed E-state index contributed by atoms with van der Waals surface area (Å²) in [6.07, 6.45) is 0. The Morgan fingerprint density at radius 3 is 2.05 bits per heavy atom. The SMILES string of the molecule is Nc1c(-c2ccc(Br)c3ccccc23)ccc2ccccc12. The monoisotopic (exact) mass is 347 g/mol. The van der Waals surface area contributed by atoms with Gasteiger partial charge in [-0.05, 0) is 27.8 Å². The topological polar surface area (TPSA) is 26.0 Å². The third-order valence-electron chi connectivity index (χ3n) is 4.13. The van der Waals surface area contributed by atoms with E-state index in [2.05, 4.69) is 76.6 Å². The fraction of sp³-hybridized carbons (Fsp3) is 0. The molecule has 0 saturated heterocycles. The molecule has 0 amide bonds. The third kappa shape index (κ3) is 1.99. The summed E-state index contributed by atoms with van der Waals surface area (Å²) in [5, 5.41) is 4.68. The predicted octanol–water partition coefficient (Wildman–Crippen LogP) is 6.00. The van der Waals surface area contributed by atoms with Crippen LogP contribution in [0, 0.1) is 0 Å². The summed E-state index contributed by atoms with van der Waals surface area (Å²) in [6, 6.07) is 25.1. The molecule has 2 heteroatoms. The summed E-state index contributed by atoms with van der Waals surface area (Å²) in [5.74, 6) is 0. The Hall–Kier alpha value is -2.32. The zero-order chi connectivity index (χ0) is 15.1. The fourth-order valence-electron chi connectivity index (χ4n) is 3.03. The first-order valence-electron chi connectivity index (χ1n) is 7.20. The number of hydrogen-bond donors (Lipinski definition) is 1. The minimum Gasteiger partial charge on any atom is -0.398 e. The van der Waals surface area contributed by atoms with E-state index < -0.39 is 0 Å². The number of benzene rings is 4. The molecule has 0 aliphatic rings. The van der Waals surface area contributed by atoms with Crippen LogP contribution < -0.4 is 5.73 Å². The Morgan fingerprint density at radius 2 is 1.23 bits per heavy atom. The van der Waals surface area contributed by atoms with Crippen molar-refractivity contribution in [1.29, 1.82) is 0 Å². The molecule has 0 unspecified atom stereocenters. The molecule has 4 rings (SSSR count). The number of halogens is 1. The molecule has 4 aromatic carbocycles. The lowest BCUT2D eigenvalue weighted by Gasteiger charge is -2.13. The van der Waals surface area contributed by atoms with Gasteiger partial charge in [-0.15, -0.1) is 0 Å². The molecule has 0 aliphatic heterocycles. The maximum absolute atomic E-state index is 6.47. The molecule has 4 aromatic rings. The normalized spacial score (nSPS) is 11.1. The van der Waals surface area contributed by atoms with Crippen molar-refractivity contribution in [2.75, 3.05) is 5.73 Å². The van der Waals surface area contributed by atoms with Crippen molar-refractivity contribution in [3.8, 4) is 11.1 Å². The van der Waals surface area contributed by atoms with Crippen molar-refractivity contribution < 1.29 is 0 Å². The Balaban J connectivity index is 2.08. The highest BCUT2D eigenvalue weighted by Crippen LogP contribution is 2.38. The molecule has 22 heavy (non-hydrogen) atoms. The number of nitrogens with two attached hydrogens (primary N) is 1. The lowest BCUT2D eigenvalue weighted by molar-refractivity contribution is 1.65. The van der Waals surface area contributed by atoms with Gasteiger partial charge in [0.2, 0.25) is 0 Å². The van der Waals surface area contributed by atoms with Gasteiger partial charge in [0.15, 0.2) is 0 Å². The zero-order valence-corrected chi connectivity index (χ0v) is 13.5. The van der Waals surface area contributed by atoms with Gasteiger partial charge in [0.1, 0.15) is 0 Å². The predicted molar refractivity (Wildman–Crippen MR) is 99.0 cm³/mol. The molecule has 0 radical (unpaired) electrons. The molecule has 1 nitrogen and oxygen atoms in total. The van der Waals surface area contributed by atoms with Gasteiger partial charge in [-0.25, -0.2) is 0 Å². The first kappa shape index (κ1) is 13.4. The van der Waals surface area contributed by atoms with Gasteiger partial charge in [0.05, 0.1) is 0 Å². The van der Waals surface area contributed by atoms with Crippen molar-refractivity contribution >= 4 is 43.2 Å². The summed E-state index contributed by atoms with van der Waals surface area (Å²) in [4.78, 5) is 0. The Kier molecular flexibility index (Phi) is 3.12. The Bertz CT molecular complexity index is 1000. The average Bonchev–Trinajstić information content (AvgIpc) is 2.57. The standard InChI is InChI=1S/C20H14BrN/c21-19-12-11-16(15-7-3-4-8-17(15)19)18-10-9-13-5-1-2-6-14(13)20(18)22/h1-12H,22H2. The van der Waals surface area contributed by atoms with Crippen molar-refractivity contribution in [3.05, 3.63) is 77.3 Å². The van der Waals surface area contributed by atoms with Gasteiger partial charge in [-0.3, -0.25) is 0 Å². The third-order valence-corrected chi connectivity index (χ3v) is 4.82. The van der Waals surface area contributed by atoms with E-state index >= 15 is 0 Å². The molecule has 0 aliphatic carbocycles. The first-order valence-corrected chi connectivity index (χ1v) is 8.00. The molecule has 0 saturated carbocycles. The second kappa shape index (κ2) is 5.15. The molecule has 0 heterocycles. The van der Waals surface area contributed by atoms with Gasteiger partial charge < -0.3 is 5.73 Å². The van der Waals surface area contributed by atoms with Crippen LogP contribution in [0.25, 0.3) is 32.7 Å². The molecule has 0 spiro atoms. The fourth-order valence-corrected chi connectivity index (χ4v) is 3.51. The largest absolute Gasteiger partial charge is 0.398 e. The van der Waals surface area contributed by atoms with Crippen molar-refractivity contribution in [1.82, 2.24) is 0 Å². The quantitative estimate of drug-likeness (QED) is 0.419. The first-order chi connectivity index (χ1) is 10.8. The smallest absolute Gasteiger partial charge is 0.0473 e. The van der Waals surface area contributed by atoms with Crippen molar-refractivity contribution in [3.63, 3.8) is 0 Å². The van der Waals surface area contributed by atoms with Gasteiger partial charge in [0, 0.05) is 21.1 Å². The van der Waals surface area contributed by atoms with E-state index in [4.69, 9.17) is 5.73 Å². The zero-order valence-electron chi connectivity index (χ0n) is 11.9. The molecule has 106 valence electrons. The summed E-state index contributed by atoms with van der Waals surface area (Å²) >= 11 is 3.63. The number of nitrogen functional groups attached to an aromatic ring is 1. The Morgan fingerprint density at radius 1 is 0.591 bits per heavy atom. The van der Waals surface area contributed by atoms with E-state index in [9.17, 15) is 0 Å². The van der Waals surface area contributed by atoms with E-state index in [1.165, 1.54) is 21.7 Å². The van der Waals surface area contributed by atoms with E-state index in [1.807, 2.05) is 12.1 Å². The molecular formula is C20H14BrN. The molecule has 0 bridgehead atoms. The lowest BCUT2D eigenvalue weighted by Crippen LogP contribution is -1.93. The van der Waals surface area contributed by atoms with Crippen LogP contribution in [-0.4, -0.2) is 0 Å². The molecule has 0 atom stereocenters. The summed E-state index contributed by atoms with van der Waals surface area (Å²) < 4.78 is 1.10. The van der Waals surface area contributed by atoms with Crippen LogP contribution in [0.5, 0.6) is 0 Å². The van der Waals surface area contributed by atoms with Crippen LogP contribution in [0.15, 0.2) is 77.3 Å². The number of rotatable bonds is 1. The minimum atomic E-state index is 0.838. The van der Waals surface area contributed by atoms with Gasteiger partial charge >= 0.3 is 0 Å². The van der Waals surface area contributed by atoms with E-state index in [1.54, 1.807) is 0 Å². The van der Waals surface area contributed by atoms with Crippen molar-refractivity contribution in [2.24, 2.45) is 0 Å². The van der Waals surface area contributed by atoms with E-state index in [0.29, 0.717) is 0 Å². The van der Waals surface area contributed by atoms with Crippen LogP contribution in [0.1, 0.15) is 0 Å². The second-order valence-electron chi connectivity index (χ2n) is 5.39. The van der Waals surface area contributed by atoms with Crippen LogP contribution in [0.2, 0.25) is 0 Å². The number of anilines is 1. The maximum Gasteiger partial charge on any atom is 0.0473 e. The number of hydrogen-bond acceptors (Lipinski definition) is 1. The van der Waals surface area contributed by atoms with Gasteiger partial charge in [-0.2, -0.15) is 0 Å². The molecular weight excluding hydrogens is 334 g/mol. The van der Waals surface area contributed by atoms with Crippen LogP contribution in [0.3, 0.4) is 0 Å². The second-order valence-corrected chi connectivity index (χ2v) is 6.24. The van der Waals surface area contributed by atoms with E-state index in [-0.39, 0.29) is 0 Å². The van der Waals surface area contributed by atoms with Gasteiger partial charge in [0.25, 0.3) is 0 Å². The van der Waals surface area contributed by atoms with Crippen LogP contribution in [-0.2, 0) is 0 Å². The van der Waals surface area contributed by atoms with Gasteiger partial charge in [-0.1, -0.05) is 82.7 Å². The maximum atomic E-state index is 6.47. The molecule has 2 N–H and O–H groups in total. The van der Waals surface area contributed by atoms with Crippen LogP contribution in [0.4, 0.5) is 5.69 Å². The van der Waals surface area contributed by atoms with Crippen molar-refractivity contribution in [2.45, 2.75) is 0 Å². The summed E-state index contributed by atoms with van der Waals surface area (Å²) in [5.41, 5.74) is 9.56. The minimum absolute atomic E-state index is 0.838. The highest BCUT2D eigenvalue weighted by molar-refractivity contribution is 9.10. The Labute approximate surface area is 137 Å².